The van der Waals surface area contributed by atoms with Crippen LogP contribution in [0.2, 0.25) is 0 Å². The molecule has 0 spiro atoms. The molecule has 0 unspecified atom stereocenters. The van der Waals surface area contributed by atoms with Crippen molar-refractivity contribution in [1.82, 2.24) is 14.6 Å². The van der Waals surface area contributed by atoms with Gasteiger partial charge in [0, 0.05) is 18.0 Å². The minimum atomic E-state index is 1.02. The molecule has 3 rings (SSSR count). The average Bonchev–Trinajstić information content (AvgIpc) is 2.70. The maximum absolute atomic E-state index is 4.48. The number of nitrogens with zero attached hydrogens (tertiary/aromatic N) is 3. The topological polar surface area (TPSA) is 30.2 Å². The molecule has 0 aliphatic heterocycles. The normalized spacial score (nSPS) is 10.8. The van der Waals surface area contributed by atoms with E-state index in [0.29, 0.717) is 0 Å². The lowest BCUT2D eigenvalue weighted by Crippen LogP contribution is -1.93. The molecule has 3 heterocycles. The van der Waals surface area contributed by atoms with Crippen molar-refractivity contribution < 1.29 is 0 Å². The molecule has 0 aliphatic carbocycles. The summed E-state index contributed by atoms with van der Waals surface area (Å²) in [5.74, 6) is 0. The van der Waals surface area contributed by atoms with Crippen LogP contribution in [-0.4, -0.2) is 14.6 Å². The Morgan fingerprint density at radius 2 is 2.06 bits per heavy atom. The monoisotopic (exact) mass is 209 g/mol. The van der Waals surface area contributed by atoms with Crippen LogP contribution in [0.15, 0.2) is 48.8 Å². The van der Waals surface area contributed by atoms with E-state index in [-0.39, 0.29) is 0 Å². The molecule has 0 fully saturated rings. The van der Waals surface area contributed by atoms with Gasteiger partial charge in [-0.1, -0.05) is 6.07 Å². The first-order valence-corrected chi connectivity index (χ1v) is 5.20. The molecule has 3 aromatic heterocycles. The summed E-state index contributed by atoms with van der Waals surface area (Å²) < 4.78 is 1.95. The highest BCUT2D eigenvalue weighted by Gasteiger charge is 2.04. The van der Waals surface area contributed by atoms with E-state index in [1.54, 1.807) is 6.20 Å². The van der Waals surface area contributed by atoms with Gasteiger partial charge >= 0.3 is 0 Å². The van der Waals surface area contributed by atoms with Crippen molar-refractivity contribution in [3.8, 4) is 11.3 Å². The van der Waals surface area contributed by atoms with Crippen LogP contribution in [0, 0.1) is 6.92 Å². The van der Waals surface area contributed by atoms with Crippen LogP contribution in [0.4, 0.5) is 0 Å². The number of fused-ring (bicyclic) bond motifs is 1. The number of rotatable bonds is 1. The third-order valence-electron chi connectivity index (χ3n) is 2.57. The Hall–Kier alpha value is -2.16. The lowest BCUT2D eigenvalue weighted by molar-refractivity contribution is 0.941. The summed E-state index contributed by atoms with van der Waals surface area (Å²) in [6.45, 7) is 2.00. The lowest BCUT2D eigenvalue weighted by Gasteiger charge is -2.03. The van der Waals surface area contributed by atoms with E-state index in [1.165, 1.54) is 0 Å². The van der Waals surface area contributed by atoms with E-state index in [1.807, 2.05) is 35.8 Å². The minimum Gasteiger partial charge on any atom is -0.264 e. The molecule has 0 bridgehead atoms. The first-order chi connectivity index (χ1) is 7.84. The quantitative estimate of drug-likeness (QED) is 0.616. The summed E-state index contributed by atoms with van der Waals surface area (Å²) in [6.07, 6.45) is 3.63. The van der Waals surface area contributed by atoms with Crippen LogP contribution in [0.3, 0.4) is 0 Å². The third-order valence-corrected chi connectivity index (χ3v) is 2.57. The van der Waals surface area contributed by atoms with Gasteiger partial charge in [-0.2, -0.15) is 5.10 Å². The molecule has 0 saturated carbocycles. The van der Waals surface area contributed by atoms with Gasteiger partial charge in [-0.15, -0.1) is 0 Å². The molecule has 78 valence electrons. The maximum Gasteiger partial charge on any atom is 0.0740 e. The summed E-state index contributed by atoms with van der Waals surface area (Å²) in [5.41, 5.74) is 4.28. The van der Waals surface area contributed by atoms with Gasteiger partial charge in [0.15, 0.2) is 0 Å². The molecule has 0 saturated heterocycles. The fraction of sp³-hybridized carbons (Fsp3) is 0.0769. The van der Waals surface area contributed by atoms with Crippen molar-refractivity contribution in [3.05, 3.63) is 54.5 Å². The van der Waals surface area contributed by atoms with Crippen LogP contribution in [0.1, 0.15) is 5.69 Å². The standard InChI is InChI=1S/C13H11N3/c1-10-8-12-5-2-6-13(16(12)15-10)11-4-3-7-14-9-11/h2-9H,1H3. The lowest BCUT2D eigenvalue weighted by atomic mass is 10.2. The predicted molar refractivity (Wildman–Crippen MR) is 63.2 cm³/mol. The second kappa shape index (κ2) is 3.45. The zero-order valence-electron chi connectivity index (χ0n) is 8.96. The van der Waals surface area contributed by atoms with Crippen LogP contribution in [-0.2, 0) is 0 Å². The molecule has 0 amide bonds. The van der Waals surface area contributed by atoms with E-state index in [9.17, 15) is 0 Å². The van der Waals surface area contributed by atoms with Crippen molar-refractivity contribution in [2.24, 2.45) is 0 Å². The van der Waals surface area contributed by atoms with Crippen LogP contribution in [0.5, 0.6) is 0 Å². The number of aromatic nitrogens is 3. The minimum absolute atomic E-state index is 1.02. The Morgan fingerprint density at radius 1 is 1.12 bits per heavy atom. The van der Waals surface area contributed by atoms with Gasteiger partial charge in [-0.25, -0.2) is 4.52 Å². The predicted octanol–water partition coefficient (Wildman–Crippen LogP) is 2.70. The molecule has 0 radical (unpaired) electrons. The van der Waals surface area contributed by atoms with Gasteiger partial charge in [0.05, 0.1) is 16.9 Å². The largest absolute Gasteiger partial charge is 0.264 e. The van der Waals surface area contributed by atoms with Gasteiger partial charge < -0.3 is 0 Å². The molecule has 0 aromatic carbocycles. The van der Waals surface area contributed by atoms with E-state index in [0.717, 1.165) is 22.5 Å². The molecular formula is C13H11N3. The Kier molecular flexibility index (Phi) is 1.96. The molecule has 0 atom stereocenters. The Balaban J connectivity index is 2.31. The van der Waals surface area contributed by atoms with Crippen LogP contribution in [0.25, 0.3) is 16.8 Å². The van der Waals surface area contributed by atoms with Gasteiger partial charge in [-0.05, 0) is 37.3 Å². The summed E-state index contributed by atoms with van der Waals surface area (Å²) in [5, 5.41) is 4.48. The highest BCUT2D eigenvalue weighted by Crippen LogP contribution is 2.19. The molecule has 0 aliphatic rings. The van der Waals surface area contributed by atoms with Crippen molar-refractivity contribution in [1.29, 1.82) is 0 Å². The second-order valence-electron chi connectivity index (χ2n) is 3.78. The average molecular weight is 209 g/mol. The fourth-order valence-electron chi connectivity index (χ4n) is 1.87. The van der Waals surface area contributed by atoms with Gasteiger partial charge in [0.25, 0.3) is 0 Å². The zero-order valence-corrected chi connectivity index (χ0v) is 8.96. The van der Waals surface area contributed by atoms with E-state index < -0.39 is 0 Å². The van der Waals surface area contributed by atoms with Gasteiger partial charge in [0.2, 0.25) is 0 Å². The van der Waals surface area contributed by atoms with E-state index >= 15 is 0 Å². The summed E-state index contributed by atoms with van der Waals surface area (Å²) >= 11 is 0. The van der Waals surface area contributed by atoms with Crippen molar-refractivity contribution in [3.63, 3.8) is 0 Å². The van der Waals surface area contributed by atoms with Gasteiger partial charge in [0.1, 0.15) is 0 Å². The van der Waals surface area contributed by atoms with E-state index in [2.05, 4.69) is 28.3 Å². The highest BCUT2D eigenvalue weighted by molar-refractivity contribution is 5.63. The van der Waals surface area contributed by atoms with Crippen molar-refractivity contribution in [2.75, 3.05) is 0 Å². The Labute approximate surface area is 93.4 Å². The number of hydrogen-bond acceptors (Lipinski definition) is 2. The van der Waals surface area contributed by atoms with E-state index in [4.69, 9.17) is 0 Å². The molecule has 0 N–H and O–H groups in total. The fourth-order valence-corrected chi connectivity index (χ4v) is 1.87. The molecular weight excluding hydrogens is 198 g/mol. The molecule has 16 heavy (non-hydrogen) atoms. The number of pyridine rings is 2. The third kappa shape index (κ3) is 1.37. The maximum atomic E-state index is 4.48. The van der Waals surface area contributed by atoms with Crippen LogP contribution >= 0.6 is 0 Å². The van der Waals surface area contributed by atoms with Gasteiger partial charge in [-0.3, -0.25) is 4.98 Å². The Bertz CT molecular complexity index is 626. The molecule has 3 aromatic rings. The first-order valence-electron chi connectivity index (χ1n) is 5.20. The van der Waals surface area contributed by atoms with Crippen LogP contribution < -0.4 is 0 Å². The molecule has 3 heteroatoms. The summed E-state index contributed by atoms with van der Waals surface area (Å²) in [4.78, 5) is 4.13. The van der Waals surface area contributed by atoms with Crippen molar-refractivity contribution in [2.45, 2.75) is 6.92 Å². The summed E-state index contributed by atoms with van der Waals surface area (Å²) in [6, 6.07) is 12.2. The molecule has 3 nitrogen and oxygen atoms in total. The second-order valence-corrected chi connectivity index (χ2v) is 3.78. The summed E-state index contributed by atoms with van der Waals surface area (Å²) in [7, 11) is 0. The first kappa shape index (κ1) is 9.09. The highest BCUT2D eigenvalue weighted by atomic mass is 15.2. The zero-order chi connectivity index (χ0) is 11.0. The SMILES string of the molecule is Cc1cc2cccc(-c3cccnc3)n2n1. The number of aryl methyl sites for hydroxylation is 1. The number of hydrogen-bond donors (Lipinski definition) is 0. The smallest absolute Gasteiger partial charge is 0.0740 e. The Morgan fingerprint density at radius 3 is 2.88 bits per heavy atom. The van der Waals surface area contributed by atoms with Crippen molar-refractivity contribution >= 4 is 5.52 Å².